The molecule has 0 aliphatic carbocycles. The molecule has 1 aliphatic heterocycles. The first-order valence-corrected chi connectivity index (χ1v) is 6.30. The van der Waals surface area contributed by atoms with Crippen LogP contribution in [0.2, 0.25) is 5.02 Å². The number of amides is 2. The van der Waals surface area contributed by atoms with Gasteiger partial charge in [-0.2, -0.15) is 0 Å². The number of nitrogens with two attached hydrogens (primary N) is 1. The van der Waals surface area contributed by atoms with Crippen molar-refractivity contribution in [3.8, 4) is 0 Å². The van der Waals surface area contributed by atoms with Gasteiger partial charge in [-0.15, -0.1) is 0 Å². The molecular weight excluding hydrogens is 252 g/mol. The maximum atomic E-state index is 12.2. The van der Waals surface area contributed by atoms with Crippen LogP contribution in [0.15, 0.2) is 24.3 Å². The number of carbonyl (C=O) groups is 2. The van der Waals surface area contributed by atoms with Gasteiger partial charge in [0.2, 0.25) is 5.91 Å². The average molecular weight is 267 g/mol. The van der Waals surface area contributed by atoms with E-state index in [2.05, 4.69) is 0 Å². The summed E-state index contributed by atoms with van der Waals surface area (Å²) in [5, 5.41) is 0.549. The molecule has 0 bridgehead atoms. The van der Waals surface area contributed by atoms with Crippen LogP contribution in [0.3, 0.4) is 0 Å². The summed E-state index contributed by atoms with van der Waals surface area (Å²) in [6.07, 6.45) is 1.28. The van der Waals surface area contributed by atoms with Crippen LogP contribution in [-0.2, 0) is 4.79 Å². The molecule has 2 N–H and O–H groups in total. The molecule has 1 aromatic carbocycles. The summed E-state index contributed by atoms with van der Waals surface area (Å²) in [7, 11) is 0. The summed E-state index contributed by atoms with van der Waals surface area (Å²) in [6.45, 7) is 1.14. The summed E-state index contributed by atoms with van der Waals surface area (Å²) >= 11 is 5.86. The molecule has 1 heterocycles. The van der Waals surface area contributed by atoms with E-state index >= 15 is 0 Å². The fraction of sp³-hybridized carbons (Fsp3) is 0.385. The molecule has 0 aromatic heterocycles. The van der Waals surface area contributed by atoms with Crippen molar-refractivity contribution in [2.45, 2.75) is 12.8 Å². The van der Waals surface area contributed by atoms with E-state index in [4.69, 9.17) is 17.3 Å². The van der Waals surface area contributed by atoms with Crippen molar-refractivity contribution in [3.05, 3.63) is 34.9 Å². The smallest absolute Gasteiger partial charge is 0.253 e. The quantitative estimate of drug-likeness (QED) is 0.885. The van der Waals surface area contributed by atoms with E-state index in [0.29, 0.717) is 36.5 Å². The minimum Gasteiger partial charge on any atom is -0.369 e. The van der Waals surface area contributed by atoms with E-state index < -0.39 is 0 Å². The fourth-order valence-electron chi connectivity index (χ4n) is 2.17. The second-order valence-corrected chi connectivity index (χ2v) is 4.92. The highest BCUT2D eigenvalue weighted by molar-refractivity contribution is 6.30. The zero-order chi connectivity index (χ0) is 13.1. The van der Waals surface area contributed by atoms with Crippen LogP contribution in [0.5, 0.6) is 0 Å². The van der Waals surface area contributed by atoms with E-state index in [1.54, 1.807) is 29.2 Å². The topological polar surface area (TPSA) is 63.4 Å². The van der Waals surface area contributed by atoms with Gasteiger partial charge in [-0.25, -0.2) is 0 Å². The van der Waals surface area contributed by atoms with Gasteiger partial charge in [-0.1, -0.05) is 17.7 Å². The van der Waals surface area contributed by atoms with Gasteiger partial charge in [0.25, 0.3) is 5.91 Å². The van der Waals surface area contributed by atoms with Crippen LogP contribution in [0.4, 0.5) is 0 Å². The average Bonchev–Trinajstić information content (AvgIpc) is 2.38. The summed E-state index contributed by atoms with van der Waals surface area (Å²) in [4.78, 5) is 25.0. The zero-order valence-electron chi connectivity index (χ0n) is 9.93. The molecule has 4 nitrogen and oxygen atoms in total. The Morgan fingerprint density at radius 2 is 1.94 bits per heavy atom. The first kappa shape index (κ1) is 12.9. The van der Waals surface area contributed by atoms with Crippen LogP contribution < -0.4 is 5.73 Å². The second kappa shape index (κ2) is 5.40. The van der Waals surface area contributed by atoms with Crippen molar-refractivity contribution in [3.63, 3.8) is 0 Å². The van der Waals surface area contributed by atoms with Gasteiger partial charge < -0.3 is 10.6 Å². The Morgan fingerprint density at radius 3 is 2.50 bits per heavy atom. The Bertz CT molecular complexity index is 468. The minimum atomic E-state index is -0.273. The highest BCUT2D eigenvalue weighted by Crippen LogP contribution is 2.19. The van der Waals surface area contributed by atoms with E-state index in [1.807, 2.05) is 0 Å². The van der Waals surface area contributed by atoms with E-state index in [1.165, 1.54) is 0 Å². The molecule has 0 atom stereocenters. The predicted octanol–water partition coefficient (Wildman–Crippen LogP) is 1.68. The number of likely N-dealkylation sites (tertiary alicyclic amines) is 1. The maximum absolute atomic E-state index is 12.2. The minimum absolute atomic E-state index is 0.0413. The van der Waals surface area contributed by atoms with Crippen molar-refractivity contribution >= 4 is 23.4 Å². The molecule has 0 saturated carbocycles. The van der Waals surface area contributed by atoms with Crippen LogP contribution >= 0.6 is 11.6 Å². The zero-order valence-corrected chi connectivity index (χ0v) is 10.7. The lowest BCUT2D eigenvalue weighted by molar-refractivity contribution is -0.123. The normalized spacial score (nSPS) is 16.6. The molecule has 2 rings (SSSR count). The first-order chi connectivity index (χ1) is 8.58. The molecule has 0 unspecified atom stereocenters. The first-order valence-electron chi connectivity index (χ1n) is 5.92. The standard InChI is InChI=1S/C13H15ClN2O2/c14-11-3-1-2-10(8-11)13(18)16-6-4-9(5-7-16)12(15)17/h1-3,8-9H,4-7H2,(H2,15,17). The van der Waals surface area contributed by atoms with Gasteiger partial charge in [0.1, 0.15) is 0 Å². The van der Waals surface area contributed by atoms with Crippen molar-refractivity contribution in [2.75, 3.05) is 13.1 Å². The highest BCUT2D eigenvalue weighted by atomic mass is 35.5. The van der Waals surface area contributed by atoms with Crippen LogP contribution in [-0.4, -0.2) is 29.8 Å². The third-order valence-electron chi connectivity index (χ3n) is 3.26. The van der Waals surface area contributed by atoms with Gasteiger partial charge in [0, 0.05) is 29.6 Å². The van der Waals surface area contributed by atoms with Crippen LogP contribution in [0, 0.1) is 5.92 Å². The molecule has 0 radical (unpaired) electrons. The van der Waals surface area contributed by atoms with Crippen LogP contribution in [0.25, 0.3) is 0 Å². The van der Waals surface area contributed by atoms with Crippen molar-refractivity contribution < 1.29 is 9.59 Å². The third kappa shape index (κ3) is 2.82. The number of hydrogen-bond acceptors (Lipinski definition) is 2. The molecule has 5 heteroatoms. The Hall–Kier alpha value is -1.55. The summed E-state index contributed by atoms with van der Waals surface area (Å²) in [5.41, 5.74) is 5.84. The number of hydrogen-bond donors (Lipinski definition) is 1. The SMILES string of the molecule is NC(=O)C1CCN(C(=O)c2cccc(Cl)c2)CC1. The Labute approximate surface area is 111 Å². The number of nitrogens with zero attached hydrogens (tertiary/aromatic N) is 1. The van der Waals surface area contributed by atoms with Crippen molar-refractivity contribution in [1.82, 2.24) is 4.90 Å². The summed E-state index contributed by atoms with van der Waals surface area (Å²) < 4.78 is 0. The Balaban J connectivity index is 2.02. The molecule has 18 heavy (non-hydrogen) atoms. The van der Waals surface area contributed by atoms with E-state index in [9.17, 15) is 9.59 Å². The number of primary amides is 1. The third-order valence-corrected chi connectivity index (χ3v) is 3.49. The number of benzene rings is 1. The number of halogens is 1. The Kier molecular flexibility index (Phi) is 3.87. The number of piperidine rings is 1. The lowest BCUT2D eigenvalue weighted by Crippen LogP contribution is -2.41. The number of carbonyl (C=O) groups excluding carboxylic acids is 2. The Morgan fingerprint density at radius 1 is 1.28 bits per heavy atom. The largest absolute Gasteiger partial charge is 0.369 e. The van der Waals surface area contributed by atoms with Crippen molar-refractivity contribution in [2.24, 2.45) is 11.7 Å². The molecular formula is C13H15ClN2O2. The second-order valence-electron chi connectivity index (χ2n) is 4.48. The lowest BCUT2D eigenvalue weighted by Gasteiger charge is -2.30. The number of rotatable bonds is 2. The molecule has 96 valence electrons. The maximum Gasteiger partial charge on any atom is 0.253 e. The van der Waals surface area contributed by atoms with Gasteiger partial charge in [-0.3, -0.25) is 9.59 Å². The van der Waals surface area contributed by atoms with E-state index in [-0.39, 0.29) is 17.7 Å². The lowest BCUT2D eigenvalue weighted by atomic mass is 9.96. The molecule has 1 saturated heterocycles. The molecule has 0 spiro atoms. The monoisotopic (exact) mass is 266 g/mol. The fourth-order valence-corrected chi connectivity index (χ4v) is 2.36. The van der Waals surface area contributed by atoms with E-state index in [0.717, 1.165) is 0 Å². The molecule has 1 fully saturated rings. The van der Waals surface area contributed by atoms with Gasteiger partial charge in [0.15, 0.2) is 0 Å². The van der Waals surface area contributed by atoms with Crippen molar-refractivity contribution in [1.29, 1.82) is 0 Å². The molecule has 2 amide bonds. The molecule has 1 aromatic rings. The van der Waals surface area contributed by atoms with Gasteiger partial charge in [-0.05, 0) is 31.0 Å². The predicted molar refractivity (Wildman–Crippen MR) is 69.3 cm³/mol. The molecule has 1 aliphatic rings. The van der Waals surface area contributed by atoms with Gasteiger partial charge in [0.05, 0.1) is 0 Å². The van der Waals surface area contributed by atoms with Crippen LogP contribution in [0.1, 0.15) is 23.2 Å². The van der Waals surface area contributed by atoms with Gasteiger partial charge >= 0.3 is 0 Å². The summed E-state index contributed by atoms with van der Waals surface area (Å²) in [5.74, 6) is -0.418. The highest BCUT2D eigenvalue weighted by Gasteiger charge is 2.26. The summed E-state index contributed by atoms with van der Waals surface area (Å²) in [6, 6.07) is 6.89.